The van der Waals surface area contributed by atoms with E-state index in [9.17, 15) is 4.79 Å². The molecule has 4 heterocycles. The Bertz CT molecular complexity index is 954. The fraction of sp³-hybridized carbons (Fsp3) is 0.450. The van der Waals surface area contributed by atoms with Gasteiger partial charge in [-0.15, -0.1) is 0 Å². The number of fused-ring (bicyclic) bond motifs is 1. The number of carbonyl (C=O) groups excluding carboxylic acids is 1. The van der Waals surface area contributed by atoms with Gasteiger partial charge in [-0.05, 0) is 31.4 Å². The predicted octanol–water partition coefficient (Wildman–Crippen LogP) is 2.59. The minimum absolute atomic E-state index is 0.0190. The van der Waals surface area contributed by atoms with Crippen LogP contribution in [0.3, 0.4) is 0 Å². The molecule has 1 aliphatic rings. The Morgan fingerprint density at radius 3 is 2.93 bits per heavy atom. The number of aromatic amines is 1. The van der Waals surface area contributed by atoms with Gasteiger partial charge in [0.15, 0.2) is 0 Å². The quantitative estimate of drug-likeness (QED) is 0.773. The lowest BCUT2D eigenvalue weighted by atomic mass is 9.91. The Morgan fingerprint density at radius 2 is 2.19 bits per heavy atom. The molecule has 2 atom stereocenters. The van der Waals surface area contributed by atoms with Gasteiger partial charge in [0.05, 0.1) is 0 Å². The van der Waals surface area contributed by atoms with E-state index < -0.39 is 0 Å². The van der Waals surface area contributed by atoms with Crippen LogP contribution in [0.2, 0.25) is 0 Å². The number of anilines is 1. The molecule has 7 heteroatoms. The number of carbonyl (C=O) groups is 1. The van der Waals surface area contributed by atoms with Crippen molar-refractivity contribution in [2.45, 2.75) is 26.3 Å². The lowest BCUT2D eigenvalue weighted by molar-refractivity contribution is 0.0664. The summed E-state index contributed by atoms with van der Waals surface area (Å²) in [5.74, 6) is 1.36. The molecule has 1 amide bonds. The second kappa shape index (κ2) is 6.72. The molecule has 0 bridgehead atoms. The summed E-state index contributed by atoms with van der Waals surface area (Å²) < 4.78 is 1.89. The van der Waals surface area contributed by atoms with Gasteiger partial charge in [0.2, 0.25) is 0 Å². The topological polar surface area (TPSA) is 70.1 Å². The fourth-order valence-electron chi connectivity index (χ4n) is 3.99. The van der Waals surface area contributed by atoms with Crippen molar-refractivity contribution in [1.82, 2.24) is 24.4 Å². The highest BCUT2D eigenvalue weighted by molar-refractivity contribution is 5.92. The first kappa shape index (κ1) is 17.6. The summed E-state index contributed by atoms with van der Waals surface area (Å²) in [6.07, 6.45) is 6.55. The van der Waals surface area contributed by atoms with Crippen molar-refractivity contribution in [2.24, 2.45) is 13.0 Å². The summed E-state index contributed by atoms with van der Waals surface area (Å²) in [5.41, 5.74) is 2.56. The summed E-state index contributed by atoms with van der Waals surface area (Å²) >= 11 is 0. The predicted molar refractivity (Wildman–Crippen MR) is 106 cm³/mol. The third-order valence-corrected chi connectivity index (χ3v) is 5.85. The van der Waals surface area contributed by atoms with E-state index in [1.807, 2.05) is 48.1 Å². The van der Waals surface area contributed by atoms with Crippen LogP contribution in [0.5, 0.6) is 0 Å². The van der Waals surface area contributed by atoms with E-state index in [0.29, 0.717) is 18.2 Å². The Kier molecular flexibility index (Phi) is 4.37. The monoisotopic (exact) mass is 366 g/mol. The molecule has 0 unspecified atom stereocenters. The molecular formula is C20H26N6O. The van der Waals surface area contributed by atoms with Gasteiger partial charge in [0.1, 0.15) is 17.2 Å². The lowest BCUT2D eigenvalue weighted by Gasteiger charge is -2.42. The number of likely N-dealkylation sites (tertiary alicyclic amines) is 1. The second-order valence-electron chi connectivity index (χ2n) is 7.55. The highest BCUT2D eigenvalue weighted by Gasteiger charge is 2.33. The third kappa shape index (κ3) is 3.07. The summed E-state index contributed by atoms with van der Waals surface area (Å²) in [6, 6.07) is 4.35. The number of pyridine rings is 1. The molecule has 1 fully saturated rings. The van der Waals surface area contributed by atoms with Crippen LogP contribution >= 0.6 is 0 Å². The fourth-order valence-corrected chi connectivity index (χ4v) is 3.99. The van der Waals surface area contributed by atoms with Crippen LogP contribution in [0.1, 0.15) is 29.7 Å². The number of imidazole rings is 1. The van der Waals surface area contributed by atoms with Crippen LogP contribution in [0.4, 0.5) is 5.69 Å². The first-order valence-electron chi connectivity index (χ1n) is 9.40. The van der Waals surface area contributed by atoms with Gasteiger partial charge >= 0.3 is 0 Å². The van der Waals surface area contributed by atoms with Gasteiger partial charge in [-0.1, -0.05) is 6.92 Å². The zero-order valence-corrected chi connectivity index (χ0v) is 16.3. The normalized spacial score (nSPS) is 20.2. The van der Waals surface area contributed by atoms with Crippen molar-refractivity contribution in [3.8, 4) is 0 Å². The van der Waals surface area contributed by atoms with Crippen LogP contribution < -0.4 is 4.90 Å². The van der Waals surface area contributed by atoms with E-state index in [0.717, 1.165) is 35.5 Å². The van der Waals surface area contributed by atoms with E-state index in [4.69, 9.17) is 0 Å². The Hall–Kier alpha value is -2.83. The maximum absolute atomic E-state index is 13.0. The summed E-state index contributed by atoms with van der Waals surface area (Å²) in [4.78, 5) is 29.2. The average molecular weight is 366 g/mol. The molecule has 3 aromatic heterocycles. The van der Waals surface area contributed by atoms with Crippen LogP contribution in [-0.2, 0) is 7.05 Å². The second-order valence-corrected chi connectivity index (χ2v) is 7.55. The van der Waals surface area contributed by atoms with E-state index in [2.05, 4.69) is 39.9 Å². The van der Waals surface area contributed by atoms with Crippen LogP contribution in [-0.4, -0.2) is 56.5 Å². The maximum Gasteiger partial charge on any atom is 0.274 e. The van der Waals surface area contributed by atoms with E-state index in [-0.39, 0.29) is 11.9 Å². The minimum atomic E-state index is 0.0190. The highest BCUT2D eigenvalue weighted by atomic mass is 16.2. The molecule has 0 saturated carbocycles. The maximum atomic E-state index is 13.0. The minimum Gasteiger partial charge on any atom is -0.369 e. The van der Waals surface area contributed by atoms with Crippen LogP contribution in [0.15, 0.2) is 30.7 Å². The standard InChI is InChI=1S/C20H26N6O/c1-13-7-10-26(20(27)16-11-24(3)14(2)23-16)12-18(13)25(4)17-6-9-22-19-15(17)5-8-21-19/h5-6,8-9,11,13,18H,7,10,12H2,1-4H3,(H,21,22)/t13-,18+/m1/s1. The summed E-state index contributed by atoms with van der Waals surface area (Å²) in [6.45, 7) is 5.65. The number of aryl methyl sites for hydroxylation is 2. The molecule has 0 radical (unpaired) electrons. The summed E-state index contributed by atoms with van der Waals surface area (Å²) in [7, 11) is 4.03. The zero-order chi connectivity index (χ0) is 19.1. The van der Waals surface area contributed by atoms with Gasteiger partial charge in [-0.25, -0.2) is 9.97 Å². The largest absolute Gasteiger partial charge is 0.369 e. The van der Waals surface area contributed by atoms with Gasteiger partial charge < -0.3 is 19.4 Å². The molecule has 142 valence electrons. The number of amides is 1. The van der Waals surface area contributed by atoms with Gasteiger partial charge in [-0.2, -0.15) is 0 Å². The van der Waals surface area contributed by atoms with Crippen molar-refractivity contribution in [3.05, 3.63) is 42.2 Å². The number of hydrogen-bond donors (Lipinski definition) is 1. The van der Waals surface area contributed by atoms with Crippen molar-refractivity contribution < 1.29 is 4.79 Å². The SMILES string of the molecule is Cc1nc(C(=O)N2CC[C@@H](C)[C@@H](N(C)c3ccnc4[nH]ccc34)C2)cn1C. The molecule has 3 aromatic rings. The molecule has 0 aromatic carbocycles. The summed E-state index contributed by atoms with van der Waals surface area (Å²) in [5, 5.41) is 1.11. The first-order valence-corrected chi connectivity index (χ1v) is 9.40. The van der Waals surface area contributed by atoms with Crippen molar-refractivity contribution in [3.63, 3.8) is 0 Å². The number of likely N-dealkylation sites (N-methyl/N-ethyl adjacent to an activating group) is 1. The smallest absolute Gasteiger partial charge is 0.274 e. The highest BCUT2D eigenvalue weighted by Crippen LogP contribution is 2.30. The molecule has 1 N–H and O–H groups in total. The Morgan fingerprint density at radius 1 is 1.37 bits per heavy atom. The van der Waals surface area contributed by atoms with Crippen molar-refractivity contribution in [1.29, 1.82) is 0 Å². The lowest BCUT2D eigenvalue weighted by Crippen LogP contribution is -2.52. The molecule has 0 spiro atoms. The number of H-pyrrole nitrogens is 1. The average Bonchev–Trinajstić information content (AvgIpc) is 3.27. The molecule has 4 rings (SSSR count). The number of hydrogen-bond acceptors (Lipinski definition) is 4. The Labute approximate surface area is 159 Å². The van der Waals surface area contributed by atoms with E-state index in [1.54, 1.807) is 0 Å². The molecular weight excluding hydrogens is 340 g/mol. The number of piperidine rings is 1. The number of nitrogens with one attached hydrogen (secondary N) is 1. The number of aromatic nitrogens is 4. The van der Waals surface area contributed by atoms with Gasteiger partial charge in [0, 0.05) is 62.9 Å². The number of nitrogens with zero attached hydrogens (tertiary/aromatic N) is 5. The molecule has 1 saturated heterocycles. The van der Waals surface area contributed by atoms with Crippen LogP contribution in [0.25, 0.3) is 11.0 Å². The molecule has 27 heavy (non-hydrogen) atoms. The first-order chi connectivity index (χ1) is 13.0. The van der Waals surface area contributed by atoms with Crippen LogP contribution in [0, 0.1) is 12.8 Å². The number of rotatable bonds is 3. The molecule has 1 aliphatic heterocycles. The van der Waals surface area contributed by atoms with E-state index in [1.165, 1.54) is 0 Å². The molecule has 7 nitrogen and oxygen atoms in total. The van der Waals surface area contributed by atoms with Gasteiger partial charge in [-0.3, -0.25) is 4.79 Å². The van der Waals surface area contributed by atoms with Gasteiger partial charge in [0.25, 0.3) is 5.91 Å². The third-order valence-electron chi connectivity index (χ3n) is 5.85. The molecule has 0 aliphatic carbocycles. The van der Waals surface area contributed by atoms with E-state index >= 15 is 0 Å². The Balaban J connectivity index is 1.58. The zero-order valence-electron chi connectivity index (χ0n) is 16.3. The van der Waals surface area contributed by atoms with Crippen molar-refractivity contribution >= 4 is 22.6 Å². The van der Waals surface area contributed by atoms with Crippen molar-refractivity contribution in [2.75, 3.05) is 25.0 Å².